The third-order valence-corrected chi connectivity index (χ3v) is 5.85. The zero-order valence-electron chi connectivity index (χ0n) is 21.9. The summed E-state index contributed by atoms with van der Waals surface area (Å²) in [6.07, 6.45) is -10.3. The van der Waals surface area contributed by atoms with Crippen molar-refractivity contribution in [2.75, 3.05) is 12.4 Å². The summed E-state index contributed by atoms with van der Waals surface area (Å²) in [5, 5.41) is 10.9. The van der Waals surface area contributed by atoms with E-state index in [4.69, 9.17) is 0 Å². The van der Waals surface area contributed by atoms with Crippen LogP contribution in [0.5, 0.6) is 11.5 Å². The van der Waals surface area contributed by atoms with Gasteiger partial charge in [0.25, 0.3) is 5.82 Å². The number of nitrogens with zero attached hydrogens (tertiary/aromatic N) is 2. The maximum Gasteiger partial charge on any atom is 0.573 e. The minimum Gasteiger partial charge on any atom is -0.463 e. The molecule has 0 bridgehead atoms. The number of methoxy groups -OCH3 is 1. The molecular formula is C27H21F6N5O5. The van der Waals surface area contributed by atoms with E-state index < -0.39 is 47.6 Å². The Hall–Kier alpha value is -5.28. The van der Waals surface area contributed by atoms with Crippen LogP contribution in [0.25, 0.3) is 0 Å². The third kappa shape index (κ3) is 8.15. The van der Waals surface area contributed by atoms with Crippen molar-refractivity contribution in [3.05, 3.63) is 101 Å². The average molecular weight is 609 g/mol. The predicted octanol–water partition coefficient (Wildman–Crippen LogP) is 5.70. The van der Waals surface area contributed by atoms with Gasteiger partial charge in [-0.05, 0) is 41.0 Å². The lowest BCUT2D eigenvalue weighted by atomic mass is 9.77. The highest BCUT2D eigenvalue weighted by Crippen LogP contribution is 2.38. The Balaban J connectivity index is 1.86. The summed E-state index contributed by atoms with van der Waals surface area (Å²) < 4.78 is 91.3. The van der Waals surface area contributed by atoms with Crippen LogP contribution in [0.2, 0.25) is 0 Å². The van der Waals surface area contributed by atoms with E-state index in [0.717, 1.165) is 31.4 Å². The number of H-pyrrole nitrogens is 1. The first kappa shape index (κ1) is 30.7. The number of aromatic amines is 1. The average Bonchev–Trinajstić information content (AvgIpc) is 3.39. The van der Waals surface area contributed by atoms with E-state index in [-0.39, 0.29) is 23.5 Å². The van der Waals surface area contributed by atoms with Crippen LogP contribution >= 0.6 is 0 Å². The molecule has 3 N–H and O–H groups in total. The van der Waals surface area contributed by atoms with Crippen molar-refractivity contribution in [1.82, 2.24) is 20.5 Å². The Morgan fingerprint density at radius 3 is 1.88 bits per heavy atom. The number of ether oxygens (including phenoxy) is 3. The van der Waals surface area contributed by atoms with Gasteiger partial charge in [-0.1, -0.05) is 54.6 Å². The summed E-state index contributed by atoms with van der Waals surface area (Å²) in [5.41, 5.74) is -1.29. The van der Waals surface area contributed by atoms with E-state index in [9.17, 15) is 35.9 Å². The van der Waals surface area contributed by atoms with E-state index >= 15 is 0 Å². The molecule has 0 fully saturated rings. The fourth-order valence-electron chi connectivity index (χ4n) is 4.21. The minimum absolute atomic E-state index is 0.00484. The molecule has 0 aliphatic rings. The van der Waals surface area contributed by atoms with Crippen LogP contribution in [0, 0.1) is 0 Å². The van der Waals surface area contributed by atoms with Gasteiger partial charge in [-0.3, -0.25) is 5.32 Å². The van der Waals surface area contributed by atoms with Gasteiger partial charge in [-0.25, -0.2) is 14.7 Å². The Bertz CT molecular complexity index is 1520. The molecule has 0 saturated carbocycles. The highest BCUT2D eigenvalue weighted by molar-refractivity contribution is 5.90. The van der Waals surface area contributed by atoms with Gasteiger partial charge in [0, 0.05) is 6.42 Å². The molecule has 3 aromatic carbocycles. The SMILES string of the molecule is COC(=O)c1n[nH]c(NC(=O)NC(Cc2ccccc2)(c2cccc(OC(F)(F)F)c2)c2cccc(OC(F)(F)F)c2)n1. The molecule has 1 heterocycles. The van der Waals surface area contributed by atoms with Gasteiger partial charge in [0.2, 0.25) is 5.95 Å². The first-order valence-corrected chi connectivity index (χ1v) is 12.1. The Labute approximate surface area is 239 Å². The number of carbonyl (C=O) groups is 2. The molecule has 4 aromatic rings. The van der Waals surface area contributed by atoms with E-state index in [2.05, 4.69) is 40.0 Å². The first-order valence-electron chi connectivity index (χ1n) is 12.1. The van der Waals surface area contributed by atoms with Crippen LogP contribution in [0.1, 0.15) is 27.3 Å². The molecule has 0 atom stereocenters. The largest absolute Gasteiger partial charge is 0.573 e. The third-order valence-electron chi connectivity index (χ3n) is 5.85. The maximum atomic E-state index is 13.4. The molecule has 0 radical (unpaired) electrons. The second kappa shape index (κ2) is 12.3. The number of alkyl halides is 6. The van der Waals surface area contributed by atoms with E-state index in [1.165, 1.54) is 24.3 Å². The molecule has 0 aliphatic carbocycles. The first-order chi connectivity index (χ1) is 20.3. The van der Waals surface area contributed by atoms with Crippen molar-refractivity contribution in [2.45, 2.75) is 24.7 Å². The number of hydrogen-bond donors (Lipinski definition) is 3. The number of hydrogen-bond acceptors (Lipinski definition) is 7. The molecule has 0 unspecified atom stereocenters. The van der Waals surface area contributed by atoms with Gasteiger partial charge in [-0.2, -0.15) is 4.98 Å². The fraction of sp³-hybridized carbons (Fsp3) is 0.185. The number of amides is 2. The Morgan fingerprint density at radius 1 is 0.814 bits per heavy atom. The van der Waals surface area contributed by atoms with Crippen LogP contribution in [-0.2, 0) is 16.7 Å². The Kier molecular flexibility index (Phi) is 8.77. The quantitative estimate of drug-likeness (QED) is 0.164. The van der Waals surface area contributed by atoms with Gasteiger partial charge in [0.15, 0.2) is 0 Å². The maximum absolute atomic E-state index is 13.4. The molecule has 0 spiro atoms. The highest BCUT2D eigenvalue weighted by Gasteiger charge is 2.39. The van der Waals surface area contributed by atoms with Crippen molar-refractivity contribution in [3.8, 4) is 11.5 Å². The van der Waals surface area contributed by atoms with Gasteiger partial charge < -0.3 is 19.5 Å². The van der Waals surface area contributed by atoms with Crippen molar-refractivity contribution < 1.29 is 50.1 Å². The van der Waals surface area contributed by atoms with E-state index in [1.54, 1.807) is 30.3 Å². The lowest BCUT2D eigenvalue weighted by Gasteiger charge is -2.36. The topological polar surface area (TPSA) is 127 Å². The van der Waals surface area contributed by atoms with Gasteiger partial charge in [0.1, 0.15) is 11.5 Å². The van der Waals surface area contributed by atoms with Gasteiger partial charge in [0.05, 0.1) is 12.6 Å². The summed E-state index contributed by atoms with van der Waals surface area (Å²) in [6.45, 7) is 0. The molecule has 4 rings (SSSR count). The summed E-state index contributed by atoms with van der Waals surface area (Å²) >= 11 is 0. The second-order valence-electron chi connectivity index (χ2n) is 8.80. The minimum atomic E-state index is -5.06. The normalized spacial score (nSPS) is 11.9. The number of nitrogens with one attached hydrogen (secondary N) is 3. The monoisotopic (exact) mass is 609 g/mol. The van der Waals surface area contributed by atoms with E-state index in [0.29, 0.717) is 5.56 Å². The molecule has 226 valence electrons. The zero-order chi connectivity index (χ0) is 31.3. The molecule has 10 nitrogen and oxygen atoms in total. The number of halogens is 6. The van der Waals surface area contributed by atoms with Crippen LogP contribution < -0.4 is 20.1 Å². The van der Waals surface area contributed by atoms with Crippen LogP contribution in [0.3, 0.4) is 0 Å². The molecule has 16 heteroatoms. The molecule has 2 amide bonds. The standard InChI is InChI=1S/C27H21F6N5O5/c1-41-22(39)21-34-23(38-37-21)35-24(40)36-25(15-16-7-3-2-4-8-16,17-9-5-11-19(13-17)42-26(28,29)30)18-10-6-12-20(14-18)43-27(31,32)33/h2-14H,15H2,1H3,(H3,34,35,36,37,38,40). The number of esters is 1. The molecule has 43 heavy (non-hydrogen) atoms. The van der Waals surface area contributed by atoms with Crippen molar-refractivity contribution in [1.29, 1.82) is 0 Å². The predicted molar refractivity (Wildman–Crippen MR) is 137 cm³/mol. The van der Waals surface area contributed by atoms with Crippen LogP contribution in [0.15, 0.2) is 78.9 Å². The number of benzene rings is 3. The number of rotatable bonds is 9. The smallest absolute Gasteiger partial charge is 0.463 e. The van der Waals surface area contributed by atoms with Crippen molar-refractivity contribution in [3.63, 3.8) is 0 Å². The summed E-state index contributed by atoms with van der Waals surface area (Å²) in [6, 6.07) is 16.5. The summed E-state index contributed by atoms with van der Waals surface area (Å²) in [5.74, 6) is -2.93. The summed E-state index contributed by atoms with van der Waals surface area (Å²) in [4.78, 5) is 28.9. The highest BCUT2D eigenvalue weighted by atomic mass is 19.4. The Morgan fingerprint density at radius 2 is 1.37 bits per heavy atom. The van der Waals surface area contributed by atoms with Crippen LogP contribution in [-0.4, -0.2) is 47.0 Å². The second-order valence-corrected chi connectivity index (χ2v) is 8.80. The van der Waals surface area contributed by atoms with Crippen molar-refractivity contribution >= 4 is 17.9 Å². The van der Waals surface area contributed by atoms with E-state index in [1.807, 2.05) is 0 Å². The lowest BCUT2D eigenvalue weighted by molar-refractivity contribution is -0.275. The van der Waals surface area contributed by atoms with Gasteiger partial charge >= 0.3 is 24.7 Å². The zero-order valence-corrected chi connectivity index (χ0v) is 21.9. The van der Waals surface area contributed by atoms with Crippen molar-refractivity contribution in [2.24, 2.45) is 0 Å². The molecule has 0 aliphatic heterocycles. The van der Waals surface area contributed by atoms with Crippen LogP contribution in [0.4, 0.5) is 37.1 Å². The fourth-order valence-corrected chi connectivity index (χ4v) is 4.21. The number of urea groups is 1. The lowest BCUT2D eigenvalue weighted by Crippen LogP contribution is -2.50. The number of carbonyl (C=O) groups excluding carboxylic acids is 2. The number of anilines is 1. The molecular weight excluding hydrogens is 588 g/mol. The number of aromatic nitrogens is 3. The molecule has 1 aromatic heterocycles. The van der Waals surface area contributed by atoms with Gasteiger partial charge in [-0.15, -0.1) is 31.4 Å². The summed E-state index contributed by atoms with van der Waals surface area (Å²) in [7, 11) is 1.09. The molecule has 0 saturated heterocycles.